The SMILES string of the molecule is O=S(=O)(CCCO)NCc1ccno1. The van der Waals surface area contributed by atoms with Crippen molar-refractivity contribution in [2.75, 3.05) is 12.4 Å². The molecule has 0 saturated heterocycles. The largest absolute Gasteiger partial charge is 0.396 e. The van der Waals surface area contributed by atoms with Crippen LogP contribution in [0.15, 0.2) is 16.8 Å². The van der Waals surface area contributed by atoms with Gasteiger partial charge in [0, 0.05) is 12.7 Å². The quantitative estimate of drug-likeness (QED) is 0.672. The van der Waals surface area contributed by atoms with Crippen molar-refractivity contribution in [1.82, 2.24) is 9.88 Å². The van der Waals surface area contributed by atoms with Crippen LogP contribution in [0.25, 0.3) is 0 Å². The van der Waals surface area contributed by atoms with Crippen molar-refractivity contribution < 1.29 is 18.0 Å². The van der Waals surface area contributed by atoms with Crippen LogP contribution in [0, 0.1) is 0 Å². The van der Waals surface area contributed by atoms with Crippen LogP contribution in [0.1, 0.15) is 12.2 Å². The molecular formula is C7H12N2O4S. The van der Waals surface area contributed by atoms with Crippen LogP contribution >= 0.6 is 0 Å². The molecule has 0 radical (unpaired) electrons. The summed E-state index contributed by atoms with van der Waals surface area (Å²) in [6.45, 7) is -0.0447. The molecule has 0 atom stereocenters. The zero-order valence-corrected chi connectivity index (χ0v) is 8.33. The Kier molecular flexibility index (Phi) is 4.05. The number of sulfonamides is 1. The zero-order chi connectivity index (χ0) is 10.4. The van der Waals surface area contributed by atoms with E-state index in [0.717, 1.165) is 0 Å². The third-order valence-electron chi connectivity index (χ3n) is 1.53. The van der Waals surface area contributed by atoms with Gasteiger partial charge in [-0.25, -0.2) is 13.1 Å². The predicted octanol–water partition coefficient (Wildman–Crippen LogP) is -0.524. The highest BCUT2D eigenvalue weighted by molar-refractivity contribution is 7.89. The second-order valence-corrected chi connectivity index (χ2v) is 4.62. The normalized spacial score (nSPS) is 11.8. The molecule has 2 N–H and O–H groups in total. The Morgan fingerprint density at radius 3 is 2.93 bits per heavy atom. The molecule has 0 fully saturated rings. The maximum absolute atomic E-state index is 11.2. The highest BCUT2D eigenvalue weighted by Crippen LogP contribution is 1.97. The first-order valence-corrected chi connectivity index (χ1v) is 5.77. The molecule has 14 heavy (non-hydrogen) atoms. The maximum Gasteiger partial charge on any atom is 0.212 e. The van der Waals surface area contributed by atoms with E-state index in [2.05, 4.69) is 9.88 Å². The summed E-state index contributed by atoms with van der Waals surface area (Å²) in [5, 5.41) is 11.9. The topological polar surface area (TPSA) is 92.4 Å². The van der Waals surface area contributed by atoms with E-state index in [9.17, 15) is 8.42 Å². The fourth-order valence-corrected chi connectivity index (χ4v) is 1.86. The van der Waals surface area contributed by atoms with Gasteiger partial charge >= 0.3 is 0 Å². The molecule has 0 saturated carbocycles. The molecule has 0 spiro atoms. The number of nitrogens with one attached hydrogen (secondary N) is 1. The molecule has 0 bridgehead atoms. The van der Waals surface area contributed by atoms with Crippen LogP contribution in [0.5, 0.6) is 0 Å². The number of hydrogen-bond donors (Lipinski definition) is 2. The van der Waals surface area contributed by atoms with Crippen LogP contribution in [-0.4, -0.2) is 31.0 Å². The molecule has 0 aliphatic heterocycles. The molecule has 1 heterocycles. The number of aromatic nitrogens is 1. The highest BCUT2D eigenvalue weighted by atomic mass is 32.2. The lowest BCUT2D eigenvalue weighted by Gasteiger charge is -2.02. The average Bonchev–Trinajstić information content (AvgIpc) is 2.64. The van der Waals surface area contributed by atoms with E-state index in [4.69, 9.17) is 9.63 Å². The van der Waals surface area contributed by atoms with Crippen molar-refractivity contribution in [3.63, 3.8) is 0 Å². The summed E-state index contributed by atoms with van der Waals surface area (Å²) in [6.07, 6.45) is 1.67. The summed E-state index contributed by atoms with van der Waals surface area (Å²) < 4.78 is 29.4. The van der Waals surface area contributed by atoms with E-state index in [0.29, 0.717) is 5.76 Å². The van der Waals surface area contributed by atoms with Crippen molar-refractivity contribution in [3.8, 4) is 0 Å². The van der Waals surface area contributed by atoms with Gasteiger partial charge < -0.3 is 9.63 Å². The molecule has 0 aliphatic carbocycles. The van der Waals surface area contributed by atoms with Crippen LogP contribution in [-0.2, 0) is 16.6 Å². The molecule has 1 rings (SSSR count). The van der Waals surface area contributed by atoms with Crippen LogP contribution in [0.3, 0.4) is 0 Å². The summed E-state index contributed by atoms with van der Waals surface area (Å²) in [4.78, 5) is 0. The van der Waals surface area contributed by atoms with Crippen molar-refractivity contribution in [1.29, 1.82) is 0 Å². The Hall–Kier alpha value is -0.920. The fraction of sp³-hybridized carbons (Fsp3) is 0.571. The zero-order valence-electron chi connectivity index (χ0n) is 7.51. The van der Waals surface area contributed by atoms with Gasteiger partial charge in [-0.2, -0.15) is 0 Å². The van der Waals surface area contributed by atoms with E-state index >= 15 is 0 Å². The molecule has 0 amide bonds. The summed E-state index contributed by atoms with van der Waals surface area (Å²) in [7, 11) is -3.32. The first kappa shape index (κ1) is 11.2. The summed E-state index contributed by atoms with van der Waals surface area (Å²) in [5.41, 5.74) is 0. The van der Waals surface area contributed by atoms with Gasteiger partial charge in [-0.1, -0.05) is 5.16 Å². The van der Waals surface area contributed by atoms with Crippen LogP contribution < -0.4 is 4.72 Å². The Labute approximate surface area is 82.0 Å². The Morgan fingerprint density at radius 2 is 2.36 bits per heavy atom. The Bertz CT molecular complexity index is 346. The van der Waals surface area contributed by atoms with Crippen molar-refractivity contribution in [2.24, 2.45) is 0 Å². The third-order valence-corrected chi connectivity index (χ3v) is 2.94. The summed E-state index contributed by atoms with van der Waals surface area (Å²) in [5.74, 6) is 0.370. The van der Waals surface area contributed by atoms with E-state index in [1.54, 1.807) is 6.07 Å². The van der Waals surface area contributed by atoms with Crippen LogP contribution in [0.4, 0.5) is 0 Å². The number of rotatable bonds is 6. The van der Waals surface area contributed by atoms with Gasteiger partial charge in [0.25, 0.3) is 0 Å². The van der Waals surface area contributed by atoms with Gasteiger partial charge in [0.05, 0.1) is 18.5 Å². The monoisotopic (exact) mass is 220 g/mol. The van der Waals surface area contributed by atoms with E-state index in [1.807, 2.05) is 0 Å². The van der Waals surface area contributed by atoms with Gasteiger partial charge in [0.2, 0.25) is 10.0 Å². The first-order valence-electron chi connectivity index (χ1n) is 4.12. The van der Waals surface area contributed by atoms with Crippen molar-refractivity contribution in [2.45, 2.75) is 13.0 Å². The minimum absolute atomic E-state index is 0.0857. The van der Waals surface area contributed by atoms with Crippen molar-refractivity contribution in [3.05, 3.63) is 18.0 Å². The summed E-state index contributed by atoms with van der Waals surface area (Å²) in [6, 6.07) is 1.58. The molecule has 7 heteroatoms. The Morgan fingerprint density at radius 1 is 1.57 bits per heavy atom. The first-order chi connectivity index (χ1) is 6.64. The molecule has 0 aromatic carbocycles. The smallest absolute Gasteiger partial charge is 0.212 e. The van der Waals surface area contributed by atoms with Crippen LogP contribution in [0.2, 0.25) is 0 Å². The lowest BCUT2D eigenvalue weighted by molar-refractivity contribution is 0.295. The van der Waals surface area contributed by atoms with Crippen molar-refractivity contribution >= 4 is 10.0 Å². The van der Waals surface area contributed by atoms with E-state index < -0.39 is 10.0 Å². The molecular weight excluding hydrogens is 208 g/mol. The third kappa shape index (κ3) is 3.86. The fourth-order valence-electron chi connectivity index (χ4n) is 0.841. The molecule has 0 aliphatic rings. The van der Waals surface area contributed by atoms with Gasteiger partial charge in [-0.3, -0.25) is 0 Å². The second kappa shape index (κ2) is 5.08. The number of nitrogens with zero attached hydrogens (tertiary/aromatic N) is 1. The standard InChI is InChI=1S/C7H12N2O4S/c10-4-1-5-14(11,12)9-6-7-2-3-8-13-7/h2-3,9-10H,1,4-6H2. The van der Waals surface area contributed by atoms with Gasteiger partial charge in [-0.05, 0) is 6.42 Å². The Balaban J connectivity index is 2.37. The van der Waals surface area contributed by atoms with E-state index in [-0.39, 0.29) is 25.3 Å². The minimum Gasteiger partial charge on any atom is -0.396 e. The number of aliphatic hydroxyl groups is 1. The number of hydrogen-bond acceptors (Lipinski definition) is 5. The molecule has 6 nitrogen and oxygen atoms in total. The lowest BCUT2D eigenvalue weighted by atomic mass is 10.5. The average molecular weight is 220 g/mol. The highest BCUT2D eigenvalue weighted by Gasteiger charge is 2.09. The maximum atomic E-state index is 11.2. The molecule has 80 valence electrons. The molecule has 1 aromatic heterocycles. The van der Waals surface area contributed by atoms with E-state index in [1.165, 1.54) is 6.20 Å². The second-order valence-electron chi connectivity index (χ2n) is 2.70. The van der Waals surface area contributed by atoms with Gasteiger partial charge in [0.1, 0.15) is 0 Å². The lowest BCUT2D eigenvalue weighted by Crippen LogP contribution is -2.26. The predicted molar refractivity (Wildman–Crippen MR) is 48.8 cm³/mol. The molecule has 1 aromatic rings. The van der Waals surface area contributed by atoms with Gasteiger partial charge in [-0.15, -0.1) is 0 Å². The number of aliphatic hydroxyl groups excluding tert-OH is 1. The minimum atomic E-state index is -3.32. The molecule has 0 unspecified atom stereocenters. The summed E-state index contributed by atoms with van der Waals surface area (Å²) >= 11 is 0. The van der Waals surface area contributed by atoms with Gasteiger partial charge in [0.15, 0.2) is 5.76 Å².